The molecule has 2 unspecified atom stereocenters. The third-order valence-electron chi connectivity index (χ3n) is 3.66. The van der Waals surface area contributed by atoms with Crippen LogP contribution in [-0.4, -0.2) is 42.9 Å². The summed E-state index contributed by atoms with van der Waals surface area (Å²) in [7, 11) is 0. The Morgan fingerprint density at radius 2 is 1.90 bits per heavy atom. The predicted octanol–water partition coefficient (Wildman–Crippen LogP) is -0.541. The molecule has 1 aromatic rings. The molecule has 3 amide bonds. The van der Waals surface area contributed by atoms with Crippen molar-refractivity contribution in [2.45, 2.75) is 19.0 Å². The van der Waals surface area contributed by atoms with Crippen LogP contribution in [0.15, 0.2) is 18.2 Å². The number of imide groups is 1. The van der Waals surface area contributed by atoms with Gasteiger partial charge in [-0.15, -0.1) is 0 Å². The molecular formula is C14H16N4O3. The van der Waals surface area contributed by atoms with Gasteiger partial charge in [0.25, 0.3) is 11.8 Å². The summed E-state index contributed by atoms with van der Waals surface area (Å²) in [5, 5.41) is 11.3. The van der Waals surface area contributed by atoms with Crippen molar-refractivity contribution in [3.8, 4) is 0 Å². The molecule has 0 spiro atoms. The van der Waals surface area contributed by atoms with E-state index in [9.17, 15) is 14.4 Å². The number of fused-ring (bicyclic) bond motifs is 1. The number of carbonyl (C=O) groups is 3. The van der Waals surface area contributed by atoms with Gasteiger partial charge in [0.05, 0.1) is 17.2 Å². The van der Waals surface area contributed by atoms with Gasteiger partial charge in [-0.25, -0.2) is 0 Å². The zero-order valence-electron chi connectivity index (χ0n) is 11.5. The summed E-state index contributed by atoms with van der Waals surface area (Å²) in [4.78, 5) is 35.2. The van der Waals surface area contributed by atoms with E-state index in [0.29, 0.717) is 29.4 Å². The van der Waals surface area contributed by atoms with Gasteiger partial charge < -0.3 is 16.0 Å². The first-order valence-electron chi connectivity index (χ1n) is 6.82. The smallest absolute Gasteiger partial charge is 0.259 e. The quantitative estimate of drug-likeness (QED) is 0.548. The Hall–Kier alpha value is -2.25. The van der Waals surface area contributed by atoms with Gasteiger partial charge in [-0.1, -0.05) is 0 Å². The normalized spacial score (nSPS) is 24.4. The van der Waals surface area contributed by atoms with Gasteiger partial charge in [-0.3, -0.25) is 19.7 Å². The van der Waals surface area contributed by atoms with Gasteiger partial charge in [0.1, 0.15) is 0 Å². The standard InChI is InChI=1S/C14H16N4O3/c1-7-5-16-11(6-15-7)14(21)17-8-2-3-9-10(4-8)13(20)18-12(9)19/h2-4,7,11,15-16H,5-6H2,1H3,(H,17,21)(H,18,19,20). The fourth-order valence-corrected chi connectivity index (χ4v) is 2.44. The minimum absolute atomic E-state index is 0.168. The molecule has 21 heavy (non-hydrogen) atoms. The molecule has 0 bridgehead atoms. The maximum Gasteiger partial charge on any atom is 0.259 e. The molecule has 2 heterocycles. The lowest BCUT2D eigenvalue weighted by molar-refractivity contribution is -0.118. The first-order valence-corrected chi connectivity index (χ1v) is 6.82. The van der Waals surface area contributed by atoms with Gasteiger partial charge in [-0.2, -0.15) is 0 Å². The van der Waals surface area contributed by atoms with Crippen molar-refractivity contribution >= 4 is 23.4 Å². The molecule has 0 saturated carbocycles. The molecule has 4 N–H and O–H groups in total. The van der Waals surface area contributed by atoms with Gasteiger partial charge in [0.2, 0.25) is 5.91 Å². The minimum atomic E-state index is -0.433. The SMILES string of the molecule is CC1CNC(C(=O)Nc2ccc3c(c2)C(=O)NC3=O)CN1. The van der Waals surface area contributed by atoms with Crippen LogP contribution in [-0.2, 0) is 4.79 Å². The number of carbonyl (C=O) groups excluding carboxylic acids is 3. The highest BCUT2D eigenvalue weighted by Crippen LogP contribution is 2.20. The zero-order chi connectivity index (χ0) is 15.0. The van der Waals surface area contributed by atoms with Crippen LogP contribution in [0.2, 0.25) is 0 Å². The molecule has 3 rings (SSSR count). The van der Waals surface area contributed by atoms with Crippen LogP contribution in [0.25, 0.3) is 0 Å². The number of hydrogen-bond acceptors (Lipinski definition) is 5. The van der Waals surface area contributed by atoms with Crippen molar-refractivity contribution in [2.75, 3.05) is 18.4 Å². The molecule has 1 fully saturated rings. The van der Waals surface area contributed by atoms with E-state index in [1.807, 2.05) is 6.92 Å². The number of amides is 3. The Balaban J connectivity index is 1.71. The van der Waals surface area contributed by atoms with Crippen molar-refractivity contribution in [3.63, 3.8) is 0 Å². The molecule has 7 nitrogen and oxygen atoms in total. The van der Waals surface area contributed by atoms with Gasteiger partial charge in [0, 0.05) is 24.8 Å². The van der Waals surface area contributed by atoms with Gasteiger partial charge in [-0.05, 0) is 25.1 Å². The highest BCUT2D eigenvalue weighted by Gasteiger charge is 2.28. The maximum absolute atomic E-state index is 12.1. The number of benzene rings is 1. The second-order valence-electron chi connectivity index (χ2n) is 5.30. The minimum Gasteiger partial charge on any atom is -0.325 e. The van der Waals surface area contributed by atoms with Crippen molar-refractivity contribution in [2.24, 2.45) is 0 Å². The Morgan fingerprint density at radius 1 is 1.14 bits per heavy atom. The Bertz CT molecular complexity index is 621. The molecule has 2 aliphatic heterocycles. The summed E-state index contributed by atoms with van der Waals surface area (Å²) >= 11 is 0. The van der Waals surface area contributed by atoms with E-state index in [4.69, 9.17) is 0 Å². The van der Waals surface area contributed by atoms with Gasteiger partial charge >= 0.3 is 0 Å². The van der Waals surface area contributed by atoms with Crippen LogP contribution in [0.5, 0.6) is 0 Å². The van der Waals surface area contributed by atoms with E-state index < -0.39 is 11.8 Å². The largest absolute Gasteiger partial charge is 0.325 e. The first kappa shape index (κ1) is 13.7. The molecular weight excluding hydrogens is 272 g/mol. The molecule has 1 aromatic carbocycles. The van der Waals surface area contributed by atoms with Crippen molar-refractivity contribution in [1.29, 1.82) is 0 Å². The second kappa shape index (κ2) is 5.27. The fourth-order valence-electron chi connectivity index (χ4n) is 2.44. The molecule has 7 heteroatoms. The van der Waals surface area contributed by atoms with E-state index in [-0.39, 0.29) is 11.9 Å². The van der Waals surface area contributed by atoms with Crippen LogP contribution in [0.3, 0.4) is 0 Å². The van der Waals surface area contributed by atoms with Crippen LogP contribution >= 0.6 is 0 Å². The molecule has 0 aliphatic carbocycles. The van der Waals surface area contributed by atoms with Crippen LogP contribution in [0, 0.1) is 0 Å². The zero-order valence-corrected chi connectivity index (χ0v) is 11.5. The Morgan fingerprint density at radius 3 is 2.62 bits per heavy atom. The lowest BCUT2D eigenvalue weighted by Gasteiger charge is -2.28. The van der Waals surface area contributed by atoms with Gasteiger partial charge in [0.15, 0.2) is 0 Å². The van der Waals surface area contributed by atoms with Crippen molar-refractivity contribution in [1.82, 2.24) is 16.0 Å². The second-order valence-corrected chi connectivity index (χ2v) is 5.30. The molecule has 2 atom stereocenters. The molecule has 110 valence electrons. The Kier molecular flexibility index (Phi) is 3.44. The van der Waals surface area contributed by atoms with Crippen LogP contribution in [0.1, 0.15) is 27.6 Å². The number of piperazine rings is 1. The fraction of sp³-hybridized carbons (Fsp3) is 0.357. The average molecular weight is 288 g/mol. The van der Waals surface area contributed by atoms with E-state index >= 15 is 0 Å². The van der Waals surface area contributed by atoms with E-state index in [0.717, 1.165) is 6.54 Å². The highest BCUT2D eigenvalue weighted by atomic mass is 16.2. The van der Waals surface area contributed by atoms with E-state index in [2.05, 4.69) is 21.3 Å². The summed E-state index contributed by atoms with van der Waals surface area (Å²) in [6.45, 7) is 3.31. The topological polar surface area (TPSA) is 99.3 Å². The first-order chi connectivity index (χ1) is 10.0. The third kappa shape index (κ3) is 2.65. The van der Waals surface area contributed by atoms with Crippen LogP contribution < -0.4 is 21.3 Å². The maximum atomic E-state index is 12.1. The van der Waals surface area contributed by atoms with Crippen molar-refractivity contribution < 1.29 is 14.4 Å². The Labute approximate surface area is 121 Å². The lowest BCUT2D eigenvalue weighted by atomic mass is 10.1. The lowest BCUT2D eigenvalue weighted by Crippen LogP contribution is -2.57. The molecule has 0 aromatic heterocycles. The number of hydrogen-bond donors (Lipinski definition) is 4. The third-order valence-corrected chi connectivity index (χ3v) is 3.66. The molecule has 2 aliphatic rings. The molecule has 1 saturated heterocycles. The predicted molar refractivity (Wildman–Crippen MR) is 76.1 cm³/mol. The van der Waals surface area contributed by atoms with Crippen molar-refractivity contribution in [3.05, 3.63) is 29.3 Å². The summed E-state index contributed by atoms with van der Waals surface area (Å²) in [6, 6.07) is 4.70. The summed E-state index contributed by atoms with van der Waals surface area (Å²) < 4.78 is 0. The number of nitrogens with one attached hydrogen (secondary N) is 4. The average Bonchev–Trinajstić information content (AvgIpc) is 2.74. The van der Waals surface area contributed by atoms with Crippen LogP contribution in [0.4, 0.5) is 5.69 Å². The molecule has 0 radical (unpaired) electrons. The van der Waals surface area contributed by atoms with E-state index in [1.165, 1.54) is 6.07 Å². The highest BCUT2D eigenvalue weighted by molar-refractivity contribution is 6.22. The monoisotopic (exact) mass is 288 g/mol. The number of anilines is 1. The summed E-state index contributed by atoms with van der Waals surface area (Å²) in [5.74, 6) is -1.00. The van der Waals surface area contributed by atoms with E-state index in [1.54, 1.807) is 12.1 Å². The number of rotatable bonds is 2. The summed E-state index contributed by atoms with van der Waals surface area (Å²) in [6.07, 6.45) is 0. The summed E-state index contributed by atoms with van der Waals surface area (Å²) in [5.41, 5.74) is 1.13.